The fourth-order valence-corrected chi connectivity index (χ4v) is 4.84. The lowest BCUT2D eigenvalue weighted by atomic mass is 9.97. The Morgan fingerprint density at radius 3 is 2.42 bits per heavy atom. The monoisotopic (exact) mass is 522 g/mol. The maximum Gasteiger partial charge on any atom is 0.262 e. The van der Waals surface area contributed by atoms with Crippen LogP contribution in [-0.4, -0.2) is 92.5 Å². The lowest BCUT2D eigenvalue weighted by molar-refractivity contribution is -0.143. The summed E-state index contributed by atoms with van der Waals surface area (Å²) in [6.45, 7) is 7.90. The molecule has 0 radical (unpaired) electrons. The molecule has 0 unspecified atom stereocenters. The van der Waals surface area contributed by atoms with E-state index in [1.54, 1.807) is 19.1 Å². The number of morpholine rings is 1. The fraction of sp³-hybridized carbons (Fsp3) is 0.483. The van der Waals surface area contributed by atoms with Crippen molar-refractivity contribution >= 4 is 17.5 Å². The van der Waals surface area contributed by atoms with Crippen LogP contribution < -0.4 is 9.47 Å². The van der Waals surface area contributed by atoms with Crippen molar-refractivity contribution in [3.8, 4) is 11.5 Å². The van der Waals surface area contributed by atoms with E-state index in [9.17, 15) is 9.59 Å². The summed E-state index contributed by atoms with van der Waals surface area (Å²) in [5.41, 5.74) is 2.60. The second-order valence-electron chi connectivity index (χ2n) is 9.84. The minimum atomic E-state index is -0.342. The van der Waals surface area contributed by atoms with Crippen LogP contribution in [0.15, 0.2) is 53.6 Å². The molecule has 4 rings (SSSR count). The highest BCUT2D eigenvalue weighted by Gasteiger charge is 2.36. The Morgan fingerprint density at radius 2 is 1.76 bits per heavy atom. The van der Waals surface area contributed by atoms with Crippen LogP contribution in [0.4, 0.5) is 0 Å². The third-order valence-corrected chi connectivity index (χ3v) is 7.01. The number of carbonyl (C=O) groups excluding carboxylic acids is 2. The van der Waals surface area contributed by atoms with Gasteiger partial charge in [-0.05, 0) is 35.9 Å². The molecule has 204 valence electrons. The minimum Gasteiger partial charge on any atom is -0.497 e. The van der Waals surface area contributed by atoms with Gasteiger partial charge in [-0.1, -0.05) is 32.0 Å². The molecule has 38 heavy (non-hydrogen) atoms. The van der Waals surface area contributed by atoms with Crippen molar-refractivity contribution < 1.29 is 23.8 Å². The zero-order valence-electron chi connectivity index (χ0n) is 22.8. The number of methoxy groups -OCH3 is 2. The molecule has 0 aromatic heterocycles. The summed E-state index contributed by atoms with van der Waals surface area (Å²) in [6.07, 6.45) is 0.532. The highest BCUT2D eigenvalue weighted by molar-refractivity contribution is 6.03. The van der Waals surface area contributed by atoms with Gasteiger partial charge in [0.05, 0.1) is 39.2 Å². The van der Waals surface area contributed by atoms with Crippen molar-refractivity contribution in [2.75, 3.05) is 60.2 Å². The summed E-state index contributed by atoms with van der Waals surface area (Å²) in [7, 11) is 3.25. The summed E-state index contributed by atoms with van der Waals surface area (Å²) in [6, 6.07) is 15.0. The molecule has 9 nitrogen and oxygen atoms in total. The molecule has 0 spiro atoms. The van der Waals surface area contributed by atoms with E-state index in [1.165, 1.54) is 5.01 Å². The van der Waals surface area contributed by atoms with Crippen LogP contribution in [0.3, 0.4) is 0 Å². The van der Waals surface area contributed by atoms with Crippen molar-refractivity contribution in [3.05, 3.63) is 59.7 Å². The Balaban J connectivity index is 1.59. The molecular weight excluding hydrogens is 484 g/mol. The number of hydrazone groups is 1. The molecule has 0 saturated carbocycles. The second kappa shape index (κ2) is 12.9. The maximum atomic E-state index is 13.8. The Bertz CT molecular complexity index is 1130. The normalized spacial score (nSPS) is 17.9. The first-order chi connectivity index (χ1) is 18.4. The molecule has 9 heteroatoms. The van der Waals surface area contributed by atoms with Crippen molar-refractivity contribution in [1.29, 1.82) is 0 Å². The average molecular weight is 523 g/mol. The molecule has 1 saturated heterocycles. The van der Waals surface area contributed by atoms with E-state index in [2.05, 4.69) is 4.90 Å². The van der Waals surface area contributed by atoms with Gasteiger partial charge >= 0.3 is 0 Å². The first kappa shape index (κ1) is 27.6. The van der Waals surface area contributed by atoms with Gasteiger partial charge in [-0.15, -0.1) is 0 Å². The van der Waals surface area contributed by atoms with Crippen LogP contribution in [0.2, 0.25) is 0 Å². The van der Waals surface area contributed by atoms with Crippen LogP contribution in [0.1, 0.15) is 37.4 Å². The maximum absolute atomic E-state index is 13.8. The van der Waals surface area contributed by atoms with Gasteiger partial charge in [0.15, 0.2) is 0 Å². The highest BCUT2D eigenvalue weighted by Crippen LogP contribution is 2.37. The van der Waals surface area contributed by atoms with Crippen LogP contribution in [-0.2, 0) is 14.3 Å². The minimum absolute atomic E-state index is 0.0353. The Morgan fingerprint density at radius 1 is 1.05 bits per heavy atom. The molecule has 2 aliphatic heterocycles. The van der Waals surface area contributed by atoms with E-state index < -0.39 is 0 Å². The van der Waals surface area contributed by atoms with E-state index in [-0.39, 0.29) is 30.3 Å². The third kappa shape index (κ3) is 6.52. The van der Waals surface area contributed by atoms with Gasteiger partial charge in [0, 0.05) is 44.1 Å². The molecule has 1 atom stereocenters. The predicted molar refractivity (Wildman–Crippen MR) is 145 cm³/mol. The van der Waals surface area contributed by atoms with Gasteiger partial charge in [0.2, 0.25) is 5.91 Å². The van der Waals surface area contributed by atoms with Gasteiger partial charge in [-0.3, -0.25) is 14.5 Å². The van der Waals surface area contributed by atoms with Crippen molar-refractivity contribution in [1.82, 2.24) is 14.8 Å². The number of hydrogen-bond acceptors (Lipinski definition) is 7. The summed E-state index contributed by atoms with van der Waals surface area (Å²) in [5, 5.41) is 6.33. The number of hydrogen-bond donors (Lipinski definition) is 0. The summed E-state index contributed by atoms with van der Waals surface area (Å²) in [4.78, 5) is 30.9. The zero-order valence-corrected chi connectivity index (χ0v) is 22.8. The molecule has 2 amide bonds. The smallest absolute Gasteiger partial charge is 0.262 e. The number of carbonyl (C=O) groups is 2. The largest absolute Gasteiger partial charge is 0.497 e. The summed E-state index contributed by atoms with van der Waals surface area (Å²) >= 11 is 0. The van der Waals surface area contributed by atoms with E-state index in [1.807, 2.05) is 62.4 Å². The van der Waals surface area contributed by atoms with Crippen LogP contribution in [0, 0.1) is 5.92 Å². The quantitative estimate of drug-likeness (QED) is 0.477. The van der Waals surface area contributed by atoms with Crippen molar-refractivity contribution in [2.45, 2.75) is 26.3 Å². The Kier molecular flexibility index (Phi) is 9.36. The lowest BCUT2D eigenvalue weighted by Crippen LogP contribution is -2.47. The second-order valence-corrected chi connectivity index (χ2v) is 9.84. The zero-order chi connectivity index (χ0) is 27.1. The molecule has 1 fully saturated rings. The number of rotatable bonds is 10. The molecule has 2 aliphatic rings. The van der Waals surface area contributed by atoms with Gasteiger partial charge in [-0.2, -0.15) is 5.10 Å². The molecule has 0 N–H and O–H groups in total. The molecule has 0 bridgehead atoms. The number of nitrogens with zero attached hydrogens (tertiary/aromatic N) is 4. The standard InChI is InChI=1S/C29H38N4O5/c1-21(2)29(35)32(14-13-31-15-17-38-18-16-31)20-28(34)33-26(24-7-5-6-8-27(24)37-4)19-25(30-33)22-9-11-23(36-3)12-10-22/h5-12,21,26H,13-20H2,1-4H3/t26-/m1/s1. The molecule has 2 heterocycles. The Hall–Kier alpha value is -3.43. The molecule has 2 aromatic carbocycles. The SMILES string of the molecule is COc1ccc(C2=NN(C(=O)CN(CCN3CCOCC3)C(=O)C(C)C)[C@@H](c3ccccc3OC)C2)cc1. The van der Waals surface area contributed by atoms with E-state index in [0.29, 0.717) is 38.5 Å². The molecule has 2 aromatic rings. The van der Waals surface area contributed by atoms with Crippen LogP contribution >= 0.6 is 0 Å². The number of benzene rings is 2. The first-order valence-electron chi connectivity index (χ1n) is 13.2. The van der Waals surface area contributed by atoms with Gasteiger partial charge in [-0.25, -0.2) is 5.01 Å². The molecule has 0 aliphatic carbocycles. The summed E-state index contributed by atoms with van der Waals surface area (Å²) in [5.74, 6) is 0.974. The summed E-state index contributed by atoms with van der Waals surface area (Å²) < 4.78 is 16.4. The average Bonchev–Trinajstić information content (AvgIpc) is 3.41. The van der Waals surface area contributed by atoms with E-state index in [0.717, 1.165) is 35.7 Å². The number of para-hydroxylation sites is 1. The highest BCUT2D eigenvalue weighted by atomic mass is 16.5. The van der Waals surface area contributed by atoms with Crippen molar-refractivity contribution in [2.24, 2.45) is 11.0 Å². The van der Waals surface area contributed by atoms with Gasteiger partial charge in [0.1, 0.15) is 18.0 Å². The van der Waals surface area contributed by atoms with E-state index >= 15 is 0 Å². The fourth-order valence-electron chi connectivity index (χ4n) is 4.84. The van der Waals surface area contributed by atoms with Crippen molar-refractivity contribution in [3.63, 3.8) is 0 Å². The molecular formula is C29H38N4O5. The topological polar surface area (TPSA) is 83.9 Å². The van der Waals surface area contributed by atoms with Crippen LogP contribution in [0.5, 0.6) is 11.5 Å². The Labute approximate surface area is 224 Å². The first-order valence-corrected chi connectivity index (χ1v) is 13.2. The third-order valence-electron chi connectivity index (χ3n) is 7.01. The van der Waals surface area contributed by atoms with Gasteiger partial charge in [0.25, 0.3) is 5.91 Å². The predicted octanol–water partition coefficient (Wildman–Crippen LogP) is 3.20. The van der Waals surface area contributed by atoms with Crippen LogP contribution in [0.25, 0.3) is 0 Å². The van der Waals surface area contributed by atoms with Gasteiger partial charge < -0.3 is 19.1 Å². The number of amides is 2. The van der Waals surface area contributed by atoms with E-state index in [4.69, 9.17) is 19.3 Å². The lowest BCUT2D eigenvalue weighted by Gasteiger charge is -2.32. The number of ether oxygens (including phenoxy) is 3.